The summed E-state index contributed by atoms with van der Waals surface area (Å²) in [5, 5.41) is 0. The second-order valence-corrected chi connectivity index (χ2v) is 8.06. The van der Waals surface area contributed by atoms with Crippen molar-refractivity contribution in [1.29, 1.82) is 0 Å². The number of ether oxygens (including phenoxy) is 1. The highest BCUT2D eigenvalue weighted by molar-refractivity contribution is 7.89. The van der Waals surface area contributed by atoms with Crippen LogP contribution in [0.3, 0.4) is 0 Å². The predicted octanol–water partition coefficient (Wildman–Crippen LogP) is 3.37. The zero-order valence-electron chi connectivity index (χ0n) is 14.2. The first-order valence-corrected chi connectivity index (χ1v) is 9.94. The van der Waals surface area contributed by atoms with Gasteiger partial charge in [-0.25, -0.2) is 17.5 Å². The van der Waals surface area contributed by atoms with Gasteiger partial charge in [0.2, 0.25) is 10.0 Å². The second-order valence-electron chi connectivity index (χ2n) is 6.29. The molecule has 0 amide bonds. The zero-order chi connectivity index (χ0) is 17.9. The van der Waals surface area contributed by atoms with Crippen LogP contribution in [0.25, 0.3) is 0 Å². The van der Waals surface area contributed by atoms with Crippen LogP contribution < -0.4 is 9.46 Å². The van der Waals surface area contributed by atoms with Crippen molar-refractivity contribution in [3.8, 4) is 5.75 Å². The number of halogens is 1. The van der Waals surface area contributed by atoms with Crippen LogP contribution in [-0.4, -0.2) is 21.6 Å². The fourth-order valence-electron chi connectivity index (χ4n) is 3.01. The fraction of sp³-hybridized carbons (Fsp3) is 0.368. The highest BCUT2D eigenvalue weighted by Crippen LogP contribution is 2.25. The summed E-state index contributed by atoms with van der Waals surface area (Å²) in [6.45, 7) is 1.92. The number of fused-ring (bicyclic) bond motifs is 1. The van der Waals surface area contributed by atoms with E-state index < -0.39 is 15.8 Å². The van der Waals surface area contributed by atoms with Crippen LogP contribution in [-0.2, 0) is 22.9 Å². The van der Waals surface area contributed by atoms with E-state index in [0.717, 1.165) is 24.7 Å². The molecule has 2 aromatic rings. The molecule has 0 saturated heterocycles. The van der Waals surface area contributed by atoms with Crippen molar-refractivity contribution in [2.75, 3.05) is 13.2 Å². The quantitative estimate of drug-likeness (QED) is 0.801. The third-order valence-electron chi connectivity index (χ3n) is 4.42. The molecule has 4 nitrogen and oxygen atoms in total. The molecule has 0 aliphatic heterocycles. The summed E-state index contributed by atoms with van der Waals surface area (Å²) in [7, 11) is -3.67. The number of hydrogen-bond acceptors (Lipinski definition) is 3. The number of aryl methyl sites for hydroxylation is 3. The van der Waals surface area contributed by atoms with E-state index in [-0.39, 0.29) is 18.0 Å². The molecular weight excluding hydrogens is 341 g/mol. The van der Waals surface area contributed by atoms with Gasteiger partial charge in [0.25, 0.3) is 0 Å². The Morgan fingerprint density at radius 2 is 1.84 bits per heavy atom. The SMILES string of the molecule is Cc1cc(S(=O)(=O)NCCOc2ccc3c(c2)CCCC3)ccc1F. The van der Waals surface area contributed by atoms with E-state index in [1.807, 2.05) is 12.1 Å². The van der Waals surface area contributed by atoms with Gasteiger partial charge in [0.1, 0.15) is 18.2 Å². The zero-order valence-corrected chi connectivity index (χ0v) is 15.0. The first-order chi connectivity index (χ1) is 12.0. The minimum Gasteiger partial charge on any atom is -0.492 e. The summed E-state index contributed by atoms with van der Waals surface area (Å²) in [5.74, 6) is 0.340. The van der Waals surface area contributed by atoms with Gasteiger partial charge in [0.05, 0.1) is 4.90 Å². The summed E-state index contributed by atoms with van der Waals surface area (Å²) >= 11 is 0. The van der Waals surface area contributed by atoms with Crippen LogP contribution in [0.4, 0.5) is 4.39 Å². The monoisotopic (exact) mass is 363 g/mol. The smallest absolute Gasteiger partial charge is 0.240 e. The lowest BCUT2D eigenvalue weighted by atomic mass is 9.92. The Hall–Kier alpha value is -1.92. The highest BCUT2D eigenvalue weighted by atomic mass is 32.2. The lowest BCUT2D eigenvalue weighted by Gasteiger charge is -2.17. The number of hydrogen-bond donors (Lipinski definition) is 1. The minimum atomic E-state index is -3.67. The third-order valence-corrected chi connectivity index (χ3v) is 5.88. The number of nitrogens with one attached hydrogen (secondary N) is 1. The maximum absolute atomic E-state index is 13.3. The van der Waals surface area contributed by atoms with Gasteiger partial charge in [-0.3, -0.25) is 0 Å². The first-order valence-electron chi connectivity index (χ1n) is 8.46. The molecule has 0 bridgehead atoms. The topological polar surface area (TPSA) is 55.4 Å². The molecule has 0 spiro atoms. The van der Waals surface area contributed by atoms with Crippen molar-refractivity contribution in [3.63, 3.8) is 0 Å². The van der Waals surface area contributed by atoms with Gasteiger partial charge in [-0.15, -0.1) is 0 Å². The molecule has 0 atom stereocenters. The Balaban J connectivity index is 1.54. The van der Waals surface area contributed by atoms with Gasteiger partial charge in [0.15, 0.2) is 0 Å². The molecule has 134 valence electrons. The Labute approximate surface area is 148 Å². The number of sulfonamides is 1. The average Bonchev–Trinajstić information content (AvgIpc) is 2.61. The molecule has 1 aliphatic rings. The van der Waals surface area contributed by atoms with E-state index in [2.05, 4.69) is 10.8 Å². The molecule has 0 unspecified atom stereocenters. The lowest BCUT2D eigenvalue weighted by Crippen LogP contribution is -2.28. The van der Waals surface area contributed by atoms with E-state index in [9.17, 15) is 12.8 Å². The van der Waals surface area contributed by atoms with Gasteiger partial charge < -0.3 is 4.74 Å². The molecule has 0 heterocycles. The van der Waals surface area contributed by atoms with Crippen LogP contribution >= 0.6 is 0 Å². The summed E-state index contributed by atoms with van der Waals surface area (Å²) < 4.78 is 45.8. The van der Waals surface area contributed by atoms with Crippen LogP contribution in [0.15, 0.2) is 41.3 Å². The van der Waals surface area contributed by atoms with Crippen molar-refractivity contribution in [1.82, 2.24) is 4.72 Å². The van der Waals surface area contributed by atoms with E-state index in [0.29, 0.717) is 5.56 Å². The Morgan fingerprint density at radius 3 is 2.60 bits per heavy atom. The van der Waals surface area contributed by atoms with Gasteiger partial charge in [0, 0.05) is 6.54 Å². The Kier molecular flexibility index (Phi) is 5.39. The molecule has 0 radical (unpaired) electrons. The number of benzene rings is 2. The van der Waals surface area contributed by atoms with Crippen LogP contribution in [0, 0.1) is 12.7 Å². The van der Waals surface area contributed by atoms with Crippen LogP contribution in [0.1, 0.15) is 29.5 Å². The van der Waals surface area contributed by atoms with Crippen molar-refractivity contribution in [2.24, 2.45) is 0 Å². The van der Waals surface area contributed by atoms with Crippen LogP contribution in [0.2, 0.25) is 0 Å². The molecule has 0 fully saturated rings. The Bertz CT molecular complexity index is 865. The number of rotatable bonds is 6. The first kappa shape index (κ1) is 17.9. The van der Waals surface area contributed by atoms with Crippen LogP contribution in [0.5, 0.6) is 5.75 Å². The largest absolute Gasteiger partial charge is 0.492 e. The van der Waals surface area contributed by atoms with E-state index >= 15 is 0 Å². The normalized spacial score (nSPS) is 14.2. The lowest BCUT2D eigenvalue weighted by molar-refractivity contribution is 0.322. The fourth-order valence-corrected chi connectivity index (χ4v) is 4.11. The van der Waals surface area contributed by atoms with Crippen molar-refractivity contribution in [3.05, 3.63) is 58.9 Å². The second kappa shape index (κ2) is 7.54. The summed E-state index contributed by atoms with van der Waals surface area (Å²) in [4.78, 5) is 0.0557. The van der Waals surface area contributed by atoms with Crippen molar-refractivity contribution in [2.45, 2.75) is 37.5 Å². The molecule has 2 aromatic carbocycles. The standard InChI is InChI=1S/C19H22FNO3S/c1-14-12-18(8-9-19(14)20)25(22,23)21-10-11-24-17-7-6-15-4-2-3-5-16(15)13-17/h6-9,12-13,21H,2-5,10-11H2,1H3. The molecular formula is C19H22FNO3S. The van der Waals surface area contributed by atoms with E-state index in [4.69, 9.17) is 4.74 Å². The molecule has 3 rings (SSSR count). The molecule has 1 aliphatic carbocycles. The maximum Gasteiger partial charge on any atom is 0.240 e. The van der Waals surface area contributed by atoms with Gasteiger partial charge in [-0.05, 0) is 79.6 Å². The average molecular weight is 363 g/mol. The molecule has 25 heavy (non-hydrogen) atoms. The minimum absolute atomic E-state index is 0.0557. The summed E-state index contributed by atoms with van der Waals surface area (Å²) in [6.07, 6.45) is 4.63. The third kappa shape index (κ3) is 4.38. The van der Waals surface area contributed by atoms with E-state index in [1.54, 1.807) is 0 Å². The van der Waals surface area contributed by atoms with Crippen molar-refractivity contribution < 1.29 is 17.5 Å². The van der Waals surface area contributed by atoms with Crippen molar-refractivity contribution >= 4 is 10.0 Å². The van der Waals surface area contributed by atoms with E-state index in [1.165, 1.54) is 43.0 Å². The van der Waals surface area contributed by atoms with Gasteiger partial charge in [-0.2, -0.15) is 0 Å². The predicted molar refractivity (Wildman–Crippen MR) is 94.9 cm³/mol. The Morgan fingerprint density at radius 1 is 1.08 bits per heavy atom. The van der Waals surface area contributed by atoms with Gasteiger partial charge in [-0.1, -0.05) is 6.07 Å². The van der Waals surface area contributed by atoms with Gasteiger partial charge >= 0.3 is 0 Å². The molecule has 0 aromatic heterocycles. The molecule has 1 N–H and O–H groups in total. The molecule has 6 heteroatoms. The summed E-state index contributed by atoms with van der Waals surface area (Å²) in [5.41, 5.74) is 3.00. The summed E-state index contributed by atoms with van der Waals surface area (Å²) in [6, 6.07) is 9.81. The highest BCUT2D eigenvalue weighted by Gasteiger charge is 2.15. The maximum atomic E-state index is 13.3. The molecule has 0 saturated carbocycles.